The van der Waals surface area contributed by atoms with Gasteiger partial charge >= 0.3 is 0 Å². The van der Waals surface area contributed by atoms with Crippen LogP contribution in [0, 0.1) is 0 Å². The Kier molecular flexibility index (Phi) is 5.80. The number of hydrogen-bond acceptors (Lipinski definition) is 5. The molecule has 5 heteroatoms. The van der Waals surface area contributed by atoms with Crippen LogP contribution in [-0.4, -0.2) is 13.7 Å². The van der Waals surface area contributed by atoms with E-state index in [2.05, 4.69) is 6.58 Å². The fraction of sp³-hybridized carbons (Fsp3) is 0.235. The number of hydrogen-bond donors (Lipinski definition) is 0. The smallest absolute Gasteiger partial charge is 0.227 e. The van der Waals surface area contributed by atoms with Gasteiger partial charge in [-0.3, -0.25) is 4.79 Å². The van der Waals surface area contributed by atoms with E-state index in [1.165, 1.54) is 12.3 Å². The molecule has 5 nitrogen and oxygen atoms in total. The lowest BCUT2D eigenvalue weighted by atomic mass is 10.2. The summed E-state index contributed by atoms with van der Waals surface area (Å²) in [6, 6.07) is 8.78. The first-order valence-corrected chi connectivity index (χ1v) is 6.79. The van der Waals surface area contributed by atoms with Crippen LogP contribution in [0.1, 0.15) is 11.3 Å². The summed E-state index contributed by atoms with van der Waals surface area (Å²) in [6.07, 6.45) is 2.93. The molecule has 0 fully saturated rings. The van der Waals surface area contributed by atoms with Gasteiger partial charge in [-0.25, -0.2) is 0 Å². The summed E-state index contributed by atoms with van der Waals surface area (Å²) in [5, 5.41) is 0. The zero-order valence-electron chi connectivity index (χ0n) is 12.4. The highest BCUT2D eigenvalue weighted by molar-refractivity contribution is 5.27. The number of benzene rings is 1. The van der Waals surface area contributed by atoms with Crippen LogP contribution in [0.25, 0.3) is 0 Å². The second-order valence-electron chi connectivity index (χ2n) is 4.52. The van der Waals surface area contributed by atoms with Crippen LogP contribution < -0.4 is 14.9 Å². The highest BCUT2D eigenvalue weighted by Crippen LogP contribution is 2.14. The van der Waals surface area contributed by atoms with Gasteiger partial charge < -0.3 is 18.6 Å². The monoisotopic (exact) mass is 302 g/mol. The van der Waals surface area contributed by atoms with Gasteiger partial charge in [0.25, 0.3) is 0 Å². The normalized spacial score (nSPS) is 10.2. The fourth-order valence-corrected chi connectivity index (χ4v) is 1.75. The first kappa shape index (κ1) is 15.9. The molecule has 1 heterocycles. The van der Waals surface area contributed by atoms with Crippen molar-refractivity contribution in [2.75, 3.05) is 13.7 Å². The molecule has 0 radical (unpaired) electrons. The van der Waals surface area contributed by atoms with Crippen LogP contribution in [-0.2, 0) is 18.0 Å². The van der Waals surface area contributed by atoms with Crippen molar-refractivity contribution in [1.29, 1.82) is 0 Å². The molecule has 116 valence electrons. The molecule has 0 bridgehead atoms. The van der Waals surface area contributed by atoms with Gasteiger partial charge in [-0.1, -0.05) is 18.2 Å². The molecule has 0 unspecified atom stereocenters. The predicted molar refractivity (Wildman–Crippen MR) is 82.2 cm³/mol. The van der Waals surface area contributed by atoms with Crippen LogP contribution in [0.15, 0.2) is 58.5 Å². The number of rotatable bonds is 8. The average molecular weight is 302 g/mol. The summed E-state index contributed by atoms with van der Waals surface area (Å²) in [6.45, 7) is 4.45. The third-order valence-electron chi connectivity index (χ3n) is 2.89. The lowest BCUT2D eigenvalue weighted by Gasteiger charge is -2.07. The third kappa shape index (κ3) is 4.49. The molecule has 1 aromatic heterocycles. The molecule has 0 saturated heterocycles. The maximum absolute atomic E-state index is 11.9. The van der Waals surface area contributed by atoms with E-state index < -0.39 is 0 Å². The summed E-state index contributed by atoms with van der Waals surface area (Å²) >= 11 is 0. The van der Waals surface area contributed by atoms with Gasteiger partial charge in [0.1, 0.15) is 31.0 Å². The SMILES string of the molecule is C=CCOCc1cc(=O)c(OCc2ccc(OC)cc2)co1. The van der Waals surface area contributed by atoms with Gasteiger partial charge in [0, 0.05) is 6.07 Å². The first-order valence-electron chi connectivity index (χ1n) is 6.79. The lowest BCUT2D eigenvalue weighted by Crippen LogP contribution is -2.08. The summed E-state index contributed by atoms with van der Waals surface area (Å²) < 4.78 is 21.1. The Hall–Kier alpha value is -2.53. The highest BCUT2D eigenvalue weighted by Gasteiger charge is 2.05. The van der Waals surface area contributed by atoms with E-state index in [4.69, 9.17) is 18.6 Å². The second-order valence-corrected chi connectivity index (χ2v) is 4.52. The summed E-state index contributed by atoms with van der Waals surface area (Å²) in [5.74, 6) is 1.39. The minimum Gasteiger partial charge on any atom is -0.497 e. The van der Waals surface area contributed by atoms with Crippen LogP contribution in [0.2, 0.25) is 0 Å². The molecule has 0 saturated carbocycles. The summed E-state index contributed by atoms with van der Waals surface area (Å²) in [7, 11) is 1.61. The molecule has 0 aliphatic rings. The average Bonchev–Trinajstić information content (AvgIpc) is 2.55. The van der Waals surface area contributed by atoms with Crippen molar-refractivity contribution in [2.24, 2.45) is 0 Å². The molecule has 2 aromatic rings. The molecular formula is C17H18O5. The van der Waals surface area contributed by atoms with E-state index in [0.29, 0.717) is 12.4 Å². The molecule has 0 aliphatic carbocycles. The Balaban J connectivity index is 1.94. The summed E-state index contributed by atoms with van der Waals surface area (Å²) in [4.78, 5) is 11.9. The zero-order chi connectivity index (χ0) is 15.8. The molecule has 0 aliphatic heterocycles. The Morgan fingerprint density at radius 2 is 2.00 bits per heavy atom. The molecule has 22 heavy (non-hydrogen) atoms. The highest BCUT2D eigenvalue weighted by atomic mass is 16.5. The van der Waals surface area contributed by atoms with Crippen molar-refractivity contribution in [3.8, 4) is 11.5 Å². The maximum Gasteiger partial charge on any atom is 0.227 e. The molecular weight excluding hydrogens is 284 g/mol. The van der Waals surface area contributed by atoms with Crippen molar-refractivity contribution < 1.29 is 18.6 Å². The molecule has 1 aromatic carbocycles. The van der Waals surface area contributed by atoms with Crippen molar-refractivity contribution >= 4 is 0 Å². The van der Waals surface area contributed by atoms with Gasteiger partial charge in [-0.05, 0) is 17.7 Å². The maximum atomic E-state index is 11.9. The number of methoxy groups -OCH3 is 1. The Morgan fingerprint density at radius 1 is 1.23 bits per heavy atom. The molecule has 0 atom stereocenters. The van der Waals surface area contributed by atoms with E-state index in [9.17, 15) is 4.79 Å². The van der Waals surface area contributed by atoms with Crippen molar-refractivity contribution in [1.82, 2.24) is 0 Å². The minimum absolute atomic E-state index is 0.170. The Labute approximate surface area is 128 Å². The van der Waals surface area contributed by atoms with E-state index in [-0.39, 0.29) is 24.4 Å². The zero-order valence-corrected chi connectivity index (χ0v) is 12.4. The fourth-order valence-electron chi connectivity index (χ4n) is 1.75. The molecule has 0 spiro atoms. The Morgan fingerprint density at radius 3 is 2.64 bits per heavy atom. The molecule has 0 amide bonds. The first-order chi connectivity index (χ1) is 10.7. The topological polar surface area (TPSA) is 57.9 Å². The van der Waals surface area contributed by atoms with E-state index in [1.807, 2.05) is 24.3 Å². The van der Waals surface area contributed by atoms with Gasteiger partial charge in [-0.2, -0.15) is 0 Å². The largest absolute Gasteiger partial charge is 0.497 e. The molecule has 2 rings (SSSR count). The van der Waals surface area contributed by atoms with Crippen LogP contribution in [0.3, 0.4) is 0 Å². The van der Waals surface area contributed by atoms with Gasteiger partial charge in [0.2, 0.25) is 11.2 Å². The van der Waals surface area contributed by atoms with E-state index in [0.717, 1.165) is 11.3 Å². The van der Waals surface area contributed by atoms with E-state index in [1.54, 1.807) is 13.2 Å². The quantitative estimate of drug-likeness (QED) is 0.554. The van der Waals surface area contributed by atoms with Gasteiger partial charge in [0.05, 0.1) is 13.7 Å². The van der Waals surface area contributed by atoms with Crippen molar-refractivity contribution in [2.45, 2.75) is 13.2 Å². The van der Waals surface area contributed by atoms with Crippen LogP contribution >= 0.6 is 0 Å². The second kappa shape index (κ2) is 8.05. The van der Waals surface area contributed by atoms with Crippen LogP contribution in [0.4, 0.5) is 0 Å². The van der Waals surface area contributed by atoms with E-state index >= 15 is 0 Å². The van der Waals surface area contributed by atoms with Gasteiger partial charge in [0.15, 0.2) is 0 Å². The molecule has 0 N–H and O–H groups in total. The number of ether oxygens (including phenoxy) is 3. The van der Waals surface area contributed by atoms with Gasteiger partial charge in [-0.15, -0.1) is 6.58 Å². The lowest BCUT2D eigenvalue weighted by molar-refractivity contribution is 0.129. The summed E-state index contributed by atoms with van der Waals surface area (Å²) in [5.41, 5.74) is 0.690. The van der Waals surface area contributed by atoms with Crippen LogP contribution in [0.5, 0.6) is 11.5 Å². The Bertz CT molecular complexity index is 657. The van der Waals surface area contributed by atoms with Crippen molar-refractivity contribution in [3.05, 3.63) is 70.8 Å². The predicted octanol–water partition coefficient (Wildman–Crippen LogP) is 2.93. The standard InChI is InChI=1S/C17H18O5/c1-3-8-20-11-15-9-16(18)17(12-21-15)22-10-13-4-6-14(19-2)7-5-13/h3-7,9,12H,1,8,10-11H2,2H3. The van der Waals surface area contributed by atoms with Crippen molar-refractivity contribution in [3.63, 3.8) is 0 Å². The third-order valence-corrected chi connectivity index (χ3v) is 2.89. The minimum atomic E-state index is -0.239.